The first-order chi connectivity index (χ1) is 7.82. The predicted octanol–water partition coefficient (Wildman–Crippen LogP) is 3.04. The van der Waals surface area contributed by atoms with Crippen molar-refractivity contribution in [2.24, 2.45) is 11.7 Å². The van der Waals surface area contributed by atoms with Crippen LogP contribution in [0.2, 0.25) is 0 Å². The summed E-state index contributed by atoms with van der Waals surface area (Å²) in [6.07, 6.45) is -4.37. The number of nitrogens with two attached hydrogens (primary N) is 1. The van der Waals surface area contributed by atoms with Gasteiger partial charge in [0.25, 0.3) is 0 Å². The first-order valence-electron chi connectivity index (χ1n) is 5.01. The van der Waals surface area contributed by atoms with E-state index in [-0.39, 0.29) is 23.1 Å². The van der Waals surface area contributed by atoms with Crippen LogP contribution in [0, 0.1) is 5.92 Å². The number of hydrogen-bond donors (Lipinski definition) is 2. The van der Waals surface area contributed by atoms with Crippen LogP contribution in [0.1, 0.15) is 12.5 Å². The van der Waals surface area contributed by atoms with E-state index in [2.05, 4.69) is 5.32 Å². The molecule has 0 aliphatic carbocycles. The largest absolute Gasteiger partial charge is 0.418 e. The van der Waals surface area contributed by atoms with Gasteiger partial charge in [-0.2, -0.15) is 13.2 Å². The van der Waals surface area contributed by atoms with Gasteiger partial charge in [0.05, 0.1) is 10.6 Å². The van der Waals surface area contributed by atoms with Gasteiger partial charge in [-0.1, -0.05) is 31.3 Å². The minimum Gasteiger partial charge on any atom is -0.393 e. The van der Waals surface area contributed by atoms with Crippen molar-refractivity contribution in [1.82, 2.24) is 0 Å². The summed E-state index contributed by atoms with van der Waals surface area (Å²) in [6, 6.07) is 5.32. The summed E-state index contributed by atoms with van der Waals surface area (Å²) in [5.41, 5.74) is 4.75. The molecule has 0 heterocycles. The molecule has 1 aromatic carbocycles. The average Bonchev–Trinajstić information content (AvgIpc) is 2.24. The van der Waals surface area contributed by atoms with Gasteiger partial charge in [0.2, 0.25) is 0 Å². The lowest BCUT2D eigenvalue weighted by Crippen LogP contribution is -2.25. The molecular formula is C11H13F3N2S. The fourth-order valence-corrected chi connectivity index (χ4v) is 1.33. The van der Waals surface area contributed by atoms with E-state index in [9.17, 15) is 13.2 Å². The van der Waals surface area contributed by atoms with Crippen LogP contribution in [-0.2, 0) is 6.18 Å². The summed E-state index contributed by atoms with van der Waals surface area (Å²) in [5, 5.41) is 2.71. The maximum Gasteiger partial charge on any atom is 0.418 e. The maximum atomic E-state index is 12.6. The SMILES string of the molecule is CC(CNc1ccccc1C(F)(F)F)C(N)=S. The second-order valence-electron chi connectivity index (χ2n) is 3.73. The lowest BCUT2D eigenvalue weighted by Gasteiger charge is -2.16. The Kier molecular flexibility index (Phi) is 4.34. The normalized spacial score (nSPS) is 13.2. The summed E-state index contributed by atoms with van der Waals surface area (Å²) < 4.78 is 37.9. The molecule has 0 spiro atoms. The number of benzene rings is 1. The second-order valence-corrected chi connectivity index (χ2v) is 4.20. The van der Waals surface area contributed by atoms with E-state index in [0.717, 1.165) is 6.07 Å². The van der Waals surface area contributed by atoms with Gasteiger partial charge in [-0.15, -0.1) is 0 Å². The third-order valence-electron chi connectivity index (χ3n) is 2.32. The zero-order valence-electron chi connectivity index (χ0n) is 9.21. The fourth-order valence-electron chi connectivity index (χ4n) is 1.25. The van der Waals surface area contributed by atoms with E-state index in [1.807, 2.05) is 0 Å². The van der Waals surface area contributed by atoms with Crippen LogP contribution in [-0.4, -0.2) is 11.5 Å². The Morgan fingerprint density at radius 3 is 2.53 bits per heavy atom. The molecule has 1 rings (SSSR count). The van der Waals surface area contributed by atoms with Crippen LogP contribution in [0.15, 0.2) is 24.3 Å². The van der Waals surface area contributed by atoms with Crippen LogP contribution in [0.4, 0.5) is 18.9 Å². The highest BCUT2D eigenvalue weighted by Crippen LogP contribution is 2.34. The molecule has 0 fully saturated rings. The number of hydrogen-bond acceptors (Lipinski definition) is 2. The first kappa shape index (κ1) is 13.8. The Morgan fingerprint density at radius 1 is 1.41 bits per heavy atom. The van der Waals surface area contributed by atoms with Crippen LogP contribution in [0.5, 0.6) is 0 Å². The van der Waals surface area contributed by atoms with Gasteiger partial charge >= 0.3 is 6.18 Å². The number of para-hydroxylation sites is 1. The molecular weight excluding hydrogens is 249 g/mol. The van der Waals surface area contributed by atoms with Crippen molar-refractivity contribution >= 4 is 22.9 Å². The van der Waals surface area contributed by atoms with Crippen molar-refractivity contribution in [1.29, 1.82) is 0 Å². The highest BCUT2D eigenvalue weighted by atomic mass is 32.1. The number of halogens is 3. The maximum absolute atomic E-state index is 12.6. The molecule has 0 aliphatic heterocycles. The summed E-state index contributed by atoms with van der Waals surface area (Å²) in [7, 11) is 0. The van der Waals surface area contributed by atoms with Crippen LogP contribution >= 0.6 is 12.2 Å². The number of alkyl halides is 3. The van der Waals surface area contributed by atoms with Crippen molar-refractivity contribution in [2.75, 3.05) is 11.9 Å². The fraction of sp³-hybridized carbons (Fsp3) is 0.364. The van der Waals surface area contributed by atoms with Gasteiger partial charge in [0.1, 0.15) is 0 Å². The molecule has 0 saturated heterocycles. The summed E-state index contributed by atoms with van der Waals surface area (Å²) in [6.45, 7) is 2.04. The standard InChI is InChI=1S/C11H13F3N2S/c1-7(10(15)17)6-16-9-5-3-2-4-8(9)11(12,13)14/h2-5,7,16H,6H2,1H3,(H2,15,17). The number of anilines is 1. The zero-order chi connectivity index (χ0) is 13.1. The third-order valence-corrected chi connectivity index (χ3v) is 2.72. The third kappa shape index (κ3) is 3.89. The van der Waals surface area contributed by atoms with Gasteiger partial charge in [-0.3, -0.25) is 0 Å². The lowest BCUT2D eigenvalue weighted by atomic mass is 10.1. The van der Waals surface area contributed by atoms with Crippen LogP contribution in [0.3, 0.4) is 0 Å². The molecule has 1 aromatic rings. The topological polar surface area (TPSA) is 38.0 Å². The molecule has 0 bridgehead atoms. The van der Waals surface area contributed by atoms with Crippen molar-refractivity contribution in [2.45, 2.75) is 13.1 Å². The number of nitrogens with one attached hydrogen (secondary N) is 1. The summed E-state index contributed by atoms with van der Waals surface area (Å²) >= 11 is 4.76. The predicted molar refractivity (Wildman–Crippen MR) is 65.9 cm³/mol. The van der Waals surface area contributed by atoms with Gasteiger partial charge in [0.15, 0.2) is 0 Å². The summed E-state index contributed by atoms with van der Waals surface area (Å²) in [5.74, 6) is -0.161. The van der Waals surface area contributed by atoms with E-state index >= 15 is 0 Å². The van der Waals surface area contributed by atoms with Crippen molar-refractivity contribution < 1.29 is 13.2 Å². The second kappa shape index (κ2) is 5.35. The Balaban J connectivity index is 2.81. The smallest absolute Gasteiger partial charge is 0.393 e. The minimum atomic E-state index is -4.37. The molecule has 0 aromatic heterocycles. The average molecular weight is 262 g/mol. The van der Waals surface area contributed by atoms with Crippen molar-refractivity contribution in [3.8, 4) is 0 Å². The van der Waals surface area contributed by atoms with Crippen LogP contribution in [0.25, 0.3) is 0 Å². The van der Waals surface area contributed by atoms with Gasteiger partial charge < -0.3 is 11.1 Å². The quantitative estimate of drug-likeness (QED) is 0.819. The highest BCUT2D eigenvalue weighted by molar-refractivity contribution is 7.80. The van der Waals surface area contributed by atoms with E-state index in [0.29, 0.717) is 0 Å². The molecule has 0 radical (unpaired) electrons. The Morgan fingerprint density at radius 2 is 2.00 bits per heavy atom. The van der Waals surface area contributed by atoms with Crippen LogP contribution < -0.4 is 11.1 Å². The first-order valence-corrected chi connectivity index (χ1v) is 5.42. The van der Waals surface area contributed by atoms with Gasteiger partial charge in [-0.25, -0.2) is 0 Å². The molecule has 94 valence electrons. The monoisotopic (exact) mass is 262 g/mol. The molecule has 0 saturated carbocycles. The Hall–Kier alpha value is -1.30. The molecule has 2 nitrogen and oxygen atoms in total. The molecule has 0 amide bonds. The number of thiocarbonyl (C=S) groups is 1. The minimum absolute atomic E-state index is 0.0445. The summed E-state index contributed by atoms with van der Waals surface area (Å²) in [4.78, 5) is 0.280. The van der Waals surface area contributed by atoms with E-state index in [1.54, 1.807) is 13.0 Å². The van der Waals surface area contributed by atoms with Crippen molar-refractivity contribution in [3.63, 3.8) is 0 Å². The highest BCUT2D eigenvalue weighted by Gasteiger charge is 2.33. The van der Waals surface area contributed by atoms with Crippen molar-refractivity contribution in [3.05, 3.63) is 29.8 Å². The lowest BCUT2D eigenvalue weighted by molar-refractivity contribution is -0.136. The van der Waals surface area contributed by atoms with E-state index in [4.69, 9.17) is 18.0 Å². The number of rotatable bonds is 4. The molecule has 1 unspecified atom stereocenters. The molecule has 3 N–H and O–H groups in total. The van der Waals surface area contributed by atoms with E-state index in [1.165, 1.54) is 12.1 Å². The molecule has 0 aliphatic rings. The molecule has 17 heavy (non-hydrogen) atoms. The van der Waals surface area contributed by atoms with Gasteiger partial charge in [0, 0.05) is 18.2 Å². The molecule has 1 atom stereocenters. The van der Waals surface area contributed by atoms with E-state index < -0.39 is 11.7 Å². The van der Waals surface area contributed by atoms with Gasteiger partial charge in [-0.05, 0) is 12.1 Å². The molecule has 6 heteroatoms. The zero-order valence-corrected chi connectivity index (χ0v) is 10.0. The Bertz CT molecular complexity index is 404. The Labute approximate surface area is 103 Å².